The van der Waals surface area contributed by atoms with Crippen molar-refractivity contribution in [2.75, 3.05) is 39.8 Å². The number of rotatable bonds is 6. The van der Waals surface area contributed by atoms with Crippen molar-refractivity contribution in [1.29, 1.82) is 5.26 Å². The Hall–Kier alpha value is -0.630. The third-order valence-corrected chi connectivity index (χ3v) is 4.03. The highest BCUT2D eigenvalue weighted by molar-refractivity contribution is 5.06. The van der Waals surface area contributed by atoms with Gasteiger partial charge in [0, 0.05) is 19.1 Å². The van der Waals surface area contributed by atoms with E-state index in [4.69, 9.17) is 0 Å². The number of hydrogen-bond acceptors (Lipinski definition) is 4. The summed E-state index contributed by atoms with van der Waals surface area (Å²) in [6.07, 6.45) is 3.42. The van der Waals surface area contributed by atoms with Gasteiger partial charge in [-0.05, 0) is 52.9 Å². The molecule has 0 aromatic carbocycles. The molecule has 0 saturated carbocycles. The fraction of sp³-hybridized carbons (Fsp3) is 0.933. The Bertz CT molecular complexity index is 299. The third-order valence-electron chi connectivity index (χ3n) is 4.03. The van der Waals surface area contributed by atoms with Crippen LogP contribution in [0, 0.1) is 11.3 Å². The molecule has 110 valence electrons. The summed E-state index contributed by atoms with van der Waals surface area (Å²) in [5.74, 6) is 0. The lowest BCUT2D eigenvalue weighted by Crippen LogP contribution is -2.54. The Morgan fingerprint density at radius 3 is 2.68 bits per heavy atom. The maximum absolute atomic E-state index is 9.47. The largest absolute Gasteiger partial charge is 0.305 e. The van der Waals surface area contributed by atoms with Gasteiger partial charge >= 0.3 is 0 Å². The maximum atomic E-state index is 9.47. The van der Waals surface area contributed by atoms with Crippen molar-refractivity contribution < 1.29 is 0 Å². The predicted molar refractivity (Wildman–Crippen MR) is 80.1 cm³/mol. The van der Waals surface area contributed by atoms with E-state index < -0.39 is 5.54 Å². The first-order valence-electron chi connectivity index (χ1n) is 7.63. The van der Waals surface area contributed by atoms with Crippen LogP contribution in [0.4, 0.5) is 0 Å². The van der Waals surface area contributed by atoms with Crippen molar-refractivity contribution in [2.24, 2.45) is 0 Å². The molecule has 0 bridgehead atoms. The molecule has 1 heterocycles. The fourth-order valence-corrected chi connectivity index (χ4v) is 2.83. The van der Waals surface area contributed by atoms with Gasteiger partial charge in [-0.3, -0.25) is 10.2 Å². The smallest absolute Gasteiger partial charge is 0.116 e. The molecule has 1 aliphatic heterocycles. The highest BCUT2D eigenvalue weighted by Gasteiger charge is 2.30. The molecule has 0 aromatic heterocycles. The standard InChI is InChI=1S/C15H30N4/c1-5-8-17-15(3,12-16)13-19-10-7-9-18(4)11-14(19)6-2/h14,17H,5-11,13H2,1-4H3. The van der Waals surface area contributed by atoms with Gasteiger partial charge in [0.15, 0.2) is 0 Å². The van der Waals surface area contributed by atoms with Crippen molar-refractivity contribution in [3.63, 3.8) is 0 Å². The van der Waals surface area contributed by atoms with Gasteiger partial charge in [0.2, 0.25) is 0 Å². The summed E-state index contributed by atoms with van der Waals surface area (Å²) in [6.45, 7) is 11.5. The van der Waals surface area contributed by atoms with Crippen LogP contribution in [0.1, 0.15) is 40.0 Å². The van der Waals surface area contributed by atoms with E-state index in [0.717, 1.165) is 39.0 Å². The minimum atomic E-state index is -0.424. The van der Waals surface area contributed by atoms with Gasteiger partial charge < -0.3 is 4.90 Å². The molecule has 4 heteroatoms. The van der Waals surface area contributed by atoms with E-state index in [0.29, 0.717) is 6.04 Å². The Morgan fingerprint density at radius 1 is 1.37 bits per heavy atom. The first-order chi connectivity index (χ1) is 9.04. The molecule has 0 aromatic rings. The zero-order valence-corrected chi connectivity index (χ0v) is 13.1. The highest BCUT2D eigenvalue weighted by Crippen LogP contribution is 2.16. The molecule has 1 N–H and O–H groups in total. The summed E-state index contributed by atoms with van der Waals surface area (Å²) < 4.78 is 0. The first kappa shape index (κ1) is 16.4. The average molecular weight is 266 g/mol. The molecule has 0 aliphatic carbocycles. The molecule has 1 rings (SSSR count). The van der Waals surface area contributed by atoms with Gasteiger partial charge in [-0.1, -0.05) is 13.8 Å². The van der Waals surface area contributed by atoms with Crippen LogP contribution in [0.3, 0.4) is 0 Å². The first-order valence-corrected chi connectivity index (χ1v) is 7.63. The van der Waals surface area contributed by atoms with E-state index in [9.17, 15) is 5.26 Å². The fourth-order valence-electron chi connectivity index (χ4n) is 2.83. The van der Waals surface area contributed by atoms with Crippen molar-refractivity contribution >= 4 is 0 Å². The van der Waals surface area contributed by atoms with E-state index in [1.165, 1.54) is 13.0 Å². The zero-order valence-electron chi connectivity index (χ0n) is 13.1. The monoisotopic (exact) mass is 266 g/mol. The number of likely N-dealkylation sites (N-methyl/N-ethyl adjacent to an activating group) is 1. The number of nitrogens with zero attached hydrogens (tertiary/aromatic N) is 3. The van der Waals surface area contributed by atoms with E-state index in [1.807, 2.05) is 6.92 Å². The average Bonchev–Trinajstić information content (AvgIpc) is 2.58. The molecule has 2 unspecified atom stereocenters. The summed E-state index contributed by atoms with van der Waals surface area (Å²) in [7, 11) is 2.20. The Balaban J connectivity index is 2.67. The van der Waals surface area contributed by atoms with Crippen LogP contribution in [0.15, 0.2) is 0 Å². The lowest BCUT2D eigenvalue weighted by Gasteiger charge is -2.35. The van der Waals surface area contributed by atoms with Crippen molar-refractivity contribution in [3.8, 4) is 6.07 Å². The van der Waals surface area contributed by atoms with E-state index >= 15 is 0 Å². The van der Waals surface area contributed by atoms with E-state index in [2.05, 4.69) is 42.1 Å². The molecule has 1 aliphatic rings. The molecule has 0 amide bonds. The number of hydrogen-bond donors (Lipinski definition) is 1. The summed E-state index contributed by atoms with van der Waals surface area (Å²) in [5, 5.41) is 12.9. The van der Waals surface area contributed by atoms with Crippen LogP contribution < -0.4 is 5.32 Å². The summed E-state index contributed by atoms with van der Waals surface area (Å²) in [5.41, 5.74) is -0.424. The quantitative estimate of drug-likeness (QED) is 0.794. The molecule has 1 saturated heterocycles. The molecular formula is C15H30N4. The van der Waals surface area contributed by atoms with Gasteiger partial charge in [-0.15, -0.1) is 0 Å². The number of nitriles is 1. The van der Waals surface area contributed by atoms with Crippen LogP contribution in [-0.2, 0) is 0 Å². The van der Waals surface area contributed by atoms with Crippen LogP contribution >= 0.6 is 0 Å². The van der Waals surface area contributed by atoms with Crippen LogP contribution in [0.2, 0.25) is 0 Å². The second kappa shape index (κ2) is 7.84. The molecule has 0 radical (unpaired) electrons. The van der Waals surface area contributed by atoms with Gasteiger partial charge in [-0.2, -0.15) is 5.26 Å². The molecule has 0 spiro atoms. The van der Waals surface area contributed by atoms with E-state index in [1.54, 1.807) is 0 Å². The molecule has 19 heavy (non-hydrogen) atoms. The normalized spacial score (nSPS) is 25.5. The van der Waals surface area contributed by atoms with Crippen LogP contribution in [0.25, 0.3) is 0 Å². The zero-order chi connectivity index (χ0) is 14.3. The minimum absolute atomic E-state index is 0.424. The van der Waals surface area contributed by atoms with Gasteiger partial charge in [0.25, 0.3) is 0 Å². The molecule has 1 fully saturated rings. The second-order valence-electron chi connectivity index (χ2n) is 6.02. The predicted octanol–water partition coefficient (Wildman–Crippen LogP) is 1.68. The van der Waals surface area contributed by atoms with Gasteiger partial charge in [0.1, 0.15) is 5.54 Å². The number of nitrogens with one attached hydrogen (secondary N) is 1. The minimum Gasteiger partial charge on any atom is -0.305 e. The highest BCUT2D eigenvalue weighted by atomic mass is 15.2. The van der Waals surface area contributed by atoms with E-state index in [-0.39, 0.29) is 0 Å². The topological polar surface area (TPSA) is 42.3 Å². The molecular weight excluding hydrogens is 236 g/mol. The Morgan fingerprint density at radius 2 is 2.11 bits per heavy atom. The summed E-state index contributed by atoms with van der Waals surface area (Å²) in [4.78, 5) is 4.92. The van der Waals surface area contributed by atoms with Gasteiger partial charge in [-0.25, -0.2) is 0 Å². The maximum Gasteiger partial charge on any atom is 0.116 e. The summed E-state index contributed by atoms with van der Waals surface area (Å²) in [6, 6.07) is 3.04. The Labute approximate surface area is 118 Å². The second-order valence-corrected chi connectivity index (χ2v) is 6.02. The van der Waals surface area contributed by atoms with Crippen molar-refractivity contribution in [2.45, 2.75) is 51.6 Å². The third kappa shape index (κ3) is 5.10. The lowest BCUT2D eigenvalue weighted by molar-refractivity contribution is 0.153. The van der Waals surface area contributed by atoms with Crippen LogP contribution in [-0.4, -0.2) is 61.2 Å². The summed E-state index contributed by atoms with van der Waals surface area (Å²) >= 11 is 0. The van der Waals surface area contributed by atoms with Crippen molar-refractivity contribution in [1.82, 2.24) is 15.1 Å². The molecule has 2 atom stereocenters. The van der Waals surface area contributed by atoms with Gasteiger partial charge in [0.05, 0.1) is 6.07 Å². The lowest BCUT2D eigenvalue weighted by atomic mass is 10.0. The Kier molecular flexibility index (Phi) is 6.78. The van der Waals surface area contributed by atoms with Crippen molar-refractivity contribution in [3.05, 3.63) is 0 Å². The van der Waals surface area contributed by atoms with Crippen LogP contribution in [0.5, 0.6) is 0 Å². The SMILES string of the molecule is CCCNC(C)(C#N)CN1CCCN(C)CC1CC. The molecule has 4 nitrogen and oxygen atoms in total.